The molecule has 86 valence electrons. The third kappa shape index (κ3) is 3.37. The zero-order chi connectivity index (χ0) is 11.6. The maximum absolute atomic E-state index is 11.7. The molecule has 1 saturated heterocycles. The molecule has 0 N–H and O–H groups in total. The monoisotopic (exact) mass is 209 g/mol. The Labute approximate surface area is 93.3 Å². The number of hydrogen-bond donors (Lipinski definition) is 0. The van der Waals surface area contributed by atoms with Gasteiger partial charge in [-0.1, -0.05) is 32.9 Å². The van der Waals surface area contributed by atoms with Crippen molar-refractivity contribution in [3.63, 3.8) is 0 Å². The van der Waals surface area contributed by atoms with Gasteiger partial charge >= 0.3 is 0 Å². The van der Waals surface area contributed by atoms with E-state index in [0.29, 0.717) is 12.3 Å². The Balaban J connectivity index is 2.74. The number of likely N-dealkylation sites (tertiary alicyclic amines) is 1. The molecule has 1 aliphatic rings. The fourth-order valence-corrected chi connectivity index (χ4v) is 2.13. The number of rotatable bonds is 3. The van der Waals surface area contributed by atoms with Crippen molar-refractivity contribution in [2.75, 3.05) is 6.54 Å². The molecule has 2 nitrogen and oxygen atoms in total. The van der Waals surface area contributed by atoms with Gasteiger partial charge in [-0.2, -0.15) is 0 Å². The van der Waals surface area contributed by atoms with Gasteiger partial charge in [0.1, 0.15) is 0 Å². The summed E-state index contributed by atoms with van der Waals surface area (Å²) in [7, 11) is 0. The minimum absolute atomic E-state index is 0.236. The maximum atomic E-state index is 11.7. The highest BCUT2D eigenvalue weighted by molar-refractivity contribution is 5.78. The molecule has 0 aromatic rings. The largest absolute Gasteiger partial charge is 0.336 e. The van der Waals surface area contributed by atoms with Crippen molar-refractivity contribution in [2.45, 2.75) is 53.0 Å². The van der Waals surface area contributed by atoms with Crippen LogP contribution in [0.15, 0.2) is 12.2 Å². The first-order valence-electron chi connectivity index (χ1n) is 5.76. The molecule has 0 spiro atoms. The summed E-state index contributed by atoms with van der Waals surface area (Å²) in [5, 5.41) is 0. The van der Waals surface area contributed by atoms with Crippen molar-refractivity contribution in [1.29, 1.82) is 0 Å². The van der Waals surface area contributed by atoms with Gasteiger partial charge in [-0.05, 0) is 25.2 Å². The minimum atomic E-state index is 0.236. The SMILES string of the molecule is C=C(C)C(CC(C)(C)C)N1CCCC1=O. The van der Waals surface area contributed by atoms with E-state index >= 15 is 0 Å². The summed E-state index contributed by atoms with van der Waals surface area (Å²) in [6.45, 7) is 13.6. The maximum Gasteiger partial charge on any atom is 0.223 e. The van der Waals surface area contributed by atoms with Crippen LogP contribution in [0.25, 0.3) is 0 Å². The van der Waals surface area contributed by atoms with E-state index in [9.17, 15) is 4.79 Å². The summed E-state index contributed by atoms with van der Waals surface area (Å²) in [6.07, 6.45) is 2.73. The predicted octanol–water partition coefficient (Wildman–Crippen LogP) is 2.99. The van der Waals surface area contributed by atoms with Crippen LogP contribution in [0.5, 0.6) is 0 Å². The molecule has 1 fully saturated rings. The molecule has 1 heterocycles. The van der Waals surface area contributed by atoms with Crippen LogP contribution in [0, 0.1) is 5.41 Å². The zero-order valence-electron chi connectivity index (χ0n) is 10.5. The highest BCUT2D eigenvalue weighted by atomic mass is 16.2. The second kappa shape index (κ2) is 4.38. The van der Waals surface area contributed by atoms with E-state index in [1.54, 1.807) is 0 Å². The lowest BCUT2D eigenvalue weighted by Crippen LogP contribution is -2.39. The van der Waals surface area contributed by atoms with Crippen LogP contribution in [0.3, 0.4) is 0 Å². The lowest BCUT2D eigenvalue weighted by atomic mass is 9.85. The molecule has 0 aromatic heterocycles. The summed E-state index contributed by atoms with van der Waals surface area (Å²) in [5.41, 5.74) is 1.35. The van der Waals surface area contributed by atoms with Crippen molar-refractivity contribution >= 4 is 5.91 Å². The van der Waals surface area contributed by atoms with Gasteiger partial charge in [0.2, 0.25) is 5.91 Å². The van der Waals surface area contributed by atoms with Crippen molar-refractivity contribution in [3.8, 4) is 0 Å². The Bertz CT molecular complexity index is 262. The molecule has 0 saturated carbocycles. The van der Waals surface area contributed by atoms with E-state index in [1.807, 2.05) is 11.8 Å². The van der Waals surface area contributed by atoms with Crippen molar-refractivity contribution in [3.05, 3.63) is 12.2 Å². The van der Waals surface area contributed by atoms with Gasteiger partial charge in [0.05, 0.1) is 6.04 Å². The smallest absolute Gasteiger partial charge is 0.223 e. The quantitative estimate of drug-likeness (QED) is 0.654. The van der Waals surface area contributed by atoms with Gasteiger partial charge in [-0.15, -0.1) is 0 Å². The minimum Gasteiger partial charge on any atom is -0.336 e. The van der Waals surface area contributed by atoms with Crippen molar-refractivity contribution in [2.24, 2.45) is 5.41 Å². The average Bonchev–Trinajstić information content (AvgIpc) is 2.45. The molecule has 1 aliphatic heterocycles. The second-order valence-corrected chi connectivity index (χ2v) is 5.82. The molecule has 0 aromatic carbocycles. The molecule has 1 atom stereocenters. The topological polar surface area (TPSA) is 20.3 Å². The van der Waals surface area contributed by atoms with Crippen molar-refractivity contribution < 1.29 is 4.79 Å². The van der Waals surface area contributed by atoms with E-state index in [-0.39, 0.29) is 11.5 Å². The summed E-state index contributed by atoms with van der Waals surface area (Å²) >= 11 is 0. The van der Waals surface area contributed by atoms with E-state index in [4.69, 9.17) is 0 Å². The fraction of sp³-hybridized carbons (Fsp3) is 0.769. The van der Waals surface area contributed by atoms with E-state index in [1.165, 1.54) is 0 Å². The van der Waals surface area contributed by atoms with E-state index < -0.39 is 0 Å². The van der Waals surface area contributed by atoms with Gasteiger partial charge in [-0.25, -0.2) is 0 Å². The predicted molar refractivity (Wildman–Crippen MR) is 63.6 cm³/mol. The molecule has 2 heteroatoms. The van der Waals surface area contributed by atoms with Crippen molar-refractivity contribution in [1.82, 2.24) is 4.90 Å². The summed E-state index contributed by atoms with van der Waals surface area (Å²) < 4.78 is 0. The Morgan fingerprint density at radius 3 is 2.47 bits per heavy atom. The van der Waals surface area contributed by atoms with E-state index in [0.717, 1.165) is 25.0 Å². The number of carbonyl (C=O) groups is 1. The van der Waals surface area contributed by atoms with Crippen LogP contribution in [-0.4, -0.2) is 23.4 Å². The Kier molecular flexibility index (Phi) is 3.58. The number of hydrogen-bond acceptors (Lipinski definition) is 1. The Hall–Kier alpha value is -0.790. The van der Waals surface area contributed by atoms with Crippen LogP contribution in [0.2, 0.25) is 0 Å². The van der Waals surface area contributed by atoms with Crippen LogP contribution in [0.1, 0.15) is 47.0 Å². The first-order valence-corrected chi connectivity index (χ1v) is 5.76. The Morgan fingerprint density at radius 2 is 2.13 bits per heavy atom. The normalized spacial score (nSPS) is 19.5. The molecular formula is C13H23NO. The lowest BCUT2D eigenvalue weighted by molar-refractivity contribution is -0.129. The van der Waals surface area contributed by atoms with Gasteiger partial charge in [0.15, 0.2) is 0 Å². The molecule has 0 aliphatic carbocycles. The van der Waals surface area contributed by atoms with Crippen LogP contribution >= 0.6 is 0 Å². The first-order chi connectivity index (χ1) is 6.81. The standard InChI is InChI=1S/C13H23NO/c1-10(2)11(9-13(3,4)5)14-8-6-7-12(14)15/h11H,1,6-9H2,2-5H3. The zero-order valence-corrected chi connectivity index (χ0v) is 10.5. The van der Waals surface area contributed by atoms with Gasteiger partial charge in [0.25, 0.3) is 0 Å². The number of nitrogens with zero attached hydrogens (tertiary/aromatic N) is 1. The second-order valence-electron chi connectivity index (χ2n) is 5.82. The average molecular weight is 209 g/mol. The highest BCUT2D eigenvalue weighted by Gasteiger charge is 2.30. The lowest BCUT2D eigenvalue weighted by Gasteiger charge is -2.33. The Morgan fingerprint density at radius 1 is 1.53 bits per heavy atom. The summed E-state index contributed by atoms with van der Waals surface area (Å²) in [6, 6.07) is 0.236. The molecule has 1 rings (SSSR count). The molecule has 1 amide bonds. The van der Waals surface area contributed by atoms with Gasteiger partial charge in [0, 0.05) is 13.0 Å². The first kappa shape index (κ1) is 12.3. The molecular weight excluding hydrogens is 186 g/mol. The van der Waals surface area contributed by atoms with E-state index in [2.05, 4.69) is 27.4 Å². The fourth-order valence-electron chi connectivity index (χ4n) is 2.13. The van der Waals surface area contributed by atoms with Crippen LogP contribution < -0.4 is 0 Å². The van der Waals surface area contributed by atoms with Gasteiger partial charge < -0.3 is 4.90 Å². The molecule has 15 heavy (non-hydrogen) atoms. The summed E-state index contributed by atoms with van der Waals surface area (Å²) in [5.74, 6) is 0.298. The van der Waals surface area contributed by atoms with Crippen LogP contribution in [0.4, 0.5) is 0 Å². The molecule has 0 bridgehead atoms. The third-order valence-electron chi connectivity index (χ3n) is 2.86. The number of carbonyl (C=O) groups excluding carboxylic acids is 1. The highest BCUT2D eigenvalue weighted by Crippen LogP contribution is 2.29. The third-order valence-corrected chi connectivity index (χ3v) is 2.86. The number of amides is 1. The molecule has 1 unspecified atom stereocenters. The summed E-state index contributed by atoms with van der Waals surface area (Å²) in [4.78, 5) is 13.7. The van der Waals surface area contributed by atoms with Crippen LogP contribution in [-0.2, 0) is 4.79 Å². The molecule has 0 radical (unpaired) electrons. The van der Waals surface area contributed by atoms with Gasteiger partial charge in [-0.3, -0.25) is 4.79 Å².